The summed E-state index contributed by atoms with van der Waals surface area (Å²) in [4.78, 5) is 2.18. The zero-order valence-electron chi connectivity index (χ0n) is 10.1. The van der Waals surface area contributed by atoms with Gasteiger partial charge in [0, 0.05) is 14.2 Å². The zero-order chi connectivity index (χ0) is 14.0. The Morgan fingerprint density at radius 1 is 1.26 bits per heavy atom. The number of benzene rings is 1. The van der Waals surface area contributed by atoms with Crippen LogP contribution >= 0.6 is 27.3 Å². The van der Waals surface area contributed by atoms with E-state index >= 15 is 0 Å². The fourth-order valence-corrected chi connectivity index (χ4v) is 3.65. The van der Waals surface area contributed by atoms with Crippen molar-refractivity contribution in [2.75, 3.05) is 0 Å². The quantitative estimate of drug-likeness (QED) is 0.885. The van der Waals surface area contributed by atoms with Crippen molar-refractivity contribution in [3.63, 3.8) is 0 Å². The number of nitrogens with two attached hydrogens (primary N) is 1. The van der Waals surface area contributed by atoms with Crippen molar-refractivity contribution < 1.29 is 13.5 Å². The van der Waals surface area contributed by atoms with Crippen molar-refractivity contribution in [3.05, 3.63) is 50.1 Å². The fraction of sp³-hybridized carbons (Fsp3) is 0.231. The highest BCUT2D eigenvalue weighted by Gasteiger charge is 2.15. The highest BCUT2D eigenvalue weighted by molar-refractivity contribution is 9.10. The molecule has 0 aliphatic rings. The lowest BCUT2D eigenvalue weighted by atomic mass is 10.1. The van der Waals surface area contributed by atoms with E-state index in [-0.39, 0.29) is 11.8 Å². The second-order valence-electron chi connectivity index (χ2n) is 3.99. The smallest absolute Gasteiger partial charge is 0.387 e. The maximum Gasteiger partial charge on any atom is 0.387 e. The van der Waals surface area contributed by atoms with E-state index in [1.165, 1.54) is 12.1 Å². The first-order chi connectivity index (χ1) is 8.97. The molecule has 0 aliphatic carbocycles. The first kappa shape index (κ1) is 14.4. The largest absolute Gasteiger partial charge is 0.435 e. The molecule has 2 nitrogen and oxygen atoms in total. The molecule has 1 unspecified atom stereocenters. The van der Waals surface area contributed by atoms with Crippen molar-refractivity contribution in [2.24, 2.45) is 5.73 Å². The van der Waals surface area contributed by atoms with Crippen LogP contribution in [0.4, 0.5) is 8.78 Å². The standard InChI is InChI=1S/C13H12BrF2NOS/c1-7-6-10(14)12(19-7)11(17)8-2-4-9(5-3-8)18-13(15)16/h2-6,11,13H,17H2,1H3. The molecule has 0 radical (unpaired) electrons. The minimum atomic E-state index is -2.81. The molecule has 1 atom stereocenters. The van der Waals surface area contributed by atoms with Crippen LogP contribution in [0.5, 0.6) is 5.75 Å². The first-order valence-corrected chi connectivity index (χ1v) is 7.14. The summed E-state index contributed by atoms with van der Waals surface area (Å²) in [5.74, 6) is 0.132. The third kappa shape index (κ3) is 3.52. The topological polar surface area (TPSA) is 35.2 Å². The molecule has 19 heavy (non-hydrogen) atoms. The molecule has 2 rings (SSSR count). The third-order valence-corrected chi connectivity index (χ3v) is 4.64. The number of aryl methyl sites for hydroxylation is 1. The molecule has 0 amide bonds. The van der Waals surface area contributed by atoms with E-state index in [1.807, 2.05) is 13.0 Å². The van der Waals surface area contributed by atoms with Crippen molar-refractivity contribution in [1.82, 2.24) is 0 Å². The van der Waals surface area contributed by atoms with Crippen molar-refractivity contribution in [3.8, 4) is 5.75 Å². The van der Waals surface area contributed by atoms with Crippen LogP contribution in [-0.4, -0.2) is 6.61 Å². The van der Waals surface area contributed by atoms with E-state index in [2.05, 4.69) is 20.7 Å². The molecular weight excluding hydrogens is 336 g/mol. The van der Waals surface area contributed by atoms with E-state index in [9.17, 15) is 8.78 Å². The number of ether oxygens (including phenoxy) is 1. The van der Waals surface area contributed by atoms with Gasteiger partial charge < -0.3 is 10.5 Å². The minimum absolute atomic E-state index is 0.132. The number of rotatable bonds is 4. The van der Waals surface area contributed by atoms with Crippen molar-refractivity contribution >= 4 is 27.3 Å². The number of hydrogen-bond donors (Lipinski definition) is 1. The molecule has 6 heteroatoms. The summed E-state index contributed by atoms with van der Waals surface area (Å²) >= 11 is 5.08. The van der Waals surface area contributed by atoms with Gasteiger partial charge >= 0.3 is 6.61 Å². The third-order valence-electron chi connectivity index (χ3n) is 2.58. The Morgan fingerprint density at radius 3 is 2.37 bits per heavy atom. The van der Waals surface area contributed by atoms with Crippen molar-refractivity contribution in [2.45, 2.75) is 19.6 Å². The van der Waals surface area contributed by atoms with Crippen LogP contribution in [0.15, 0.2) is 34.8 Å². The van der Waals surface area contributed by atoms with Crippen LogP contribution in [0.1, 0.15) is 21.4 Å². The zero-order valence-corrected chi connectivity index (χ0v) is 12.5. The molecule has 0 saturated heterocycles. The number of hydrogen-bond acceptors (Lipinski definition) is 3. The van der Waals surface area contributed by atoms with Gasteiger partial charge in [-0.15, -0.1) is 11.3 Å². The summed E-state index contributed by atoms with van der Waals surface area (Å²) in [6, 6.07) is 8.11. The fourth-order valence-electron chi connectivity index (χ4n) is 1.72. The Kier molecular flexibility index (Phi) is 4.54. The molecule has 2 aromatic rings. The van der Waals surface area contributed by atoms with Crippen LogP contribution in [0.25, 0.3) is 0 Å². The maximum absolute atomic E-state index is 12.0. The summed E-state index contributed by atoms with van der Waals surface area (Å²) in [7, 11) is 0. The van der Waals surface area contributed by atoms with Crippen LogP contribution in [0.3, 0.4) is 0 Å². The van der Waals surface area contributed by atoms with E-state index < -0.39 is 6.61 Å². The van der Waals surface area contributed by atoms with Crippen LogP contribution in [-0.2, 0) is 0 Å². The van der Waals surface area contributed by atoms with Gasteiger partial charge in [0.2, 0.25) is 0 Å². The highest BCUT2D eigenvalue weighted by atomic mass is 79.9. The Hall–Kier alpha value is -0.980. The predicted molar refractivity (Wildman–Crippen MR) is 75.9 cm³/mol. The second kappa shape index (κ2) is 5.98. The van der Waals surface area contributed by atoms with E-state index in [0.717, 1.165) is 19.8 Å². The SMILES string of the molecule is Cc1cc(Br)c(C(N)c2ccc(OC(F)F)cc2)s1. The molecule has 0 spiro atoms. The number of halogens is 3. The lowest BCUT2D eigenvalue weighted by molar-refractivity contribution is -0.0498. The summed E-state index contributed by atoms with van der Waals surface area (Å²) in [6.07, 6.45) is 0. The molecule has 2 N–H and O–H groups in total. The van der Waals surface area contributed by atoms with Gasteiger partial charge in [0.1, 0.15) is 5.75 Å². The molecule has 0 bridgehead atoms. The summed E-state index contributed by atoms with van der Waals surface area (Å²) in [5, 5.41) is 0. The molecule has 1 aromatic heterocycles. The Labute approximate surface area is 122 Å². The first-order valence-electron chi connectivity index (χ1n) is 5.53. The van der Waals surface area contributed by atoms with Gasteiger partial charge in [0.15, 0.2) is 0 Å². The molecule has 0 fully saturated rings. The molecule has 1 aromatic carbocycles. The Bertz CT molecular complexity index is 556. The molecule has 1 heterocycles. The molecule has 102 valence electrons. The molecule has 0 aliphatic heterocycles. The minimum Gasteiger partial charge on any atom is -0.435 e. The van der Waals surface area contributed by atoms with Gasteiger partial charge in [-0.25, -0.2) is 0 Å². The van der Waals surface area contributed by atoms with Crippen LogP contribution < -0.4 is 10.5 Å². The number of thiophene rings is 1. The van der Waals surface area contributed by atoms with Crippen molar-refractivity contribution in [1.29, 1.82) is 0 Å². The Balaban J connectivity index is 2.20. The van der Waals surface area contributed by atoms with Crippen LogP contribution in [0.2, 0.25) is 0 Å². The number of alkyl halides is 2. The highest BCUT2D eigenvalue weighted by Crippen LogP contribution is 2.34. The monoisotopic (exact) mass is 347 g/mol. The van der Waals surface area contributed by atoms with Crippen LogP contribution in [0, 0.1) is 6.92 Å². The molecule has 0 saturated carbocycles. The second-order valence-corrected chi connectivity index (χ2v) is 6.14. The average Bonchev–Trinajstić information content (AvgIpc) is 2.68. The summed E-state index contributed by atoms with van der Waals surface area (Å²) in [5.41, 5.74) is 7.02. The molecular formula is C13H12BrF2NOS. The van der Waals surface area contributed by atoms with Gasteiger partial charge in [-0.05, 0) is 46.6 Å². The maximum atomic E-state index is 12.0. The van der Waals surface area contributed by atoms with Gasteiger partial charge in [0.25, 0.3) is 0 Å². The van der Waals surface area contributed by atoms with Gasteiger partial charge in [-0.2, -0.15) is 8.78 Å². The van der Waals surface area contributed by atoms with E-state index in [0.29, 0.717) is 0 Å². The summed E-state index contributed by atoms with van der Waals surface area (Å²) in [6.45, 7) is -0.806. The van der Waals surface area contributed by atoms with Gasteiger partial charge in [0.05, 0.1) is 6.04 Å². The van der Waals surface area contributed by atoms with E-state index in [4.69, 9.17) is 5.73 Å². The predicted octanol–water partition coefficient (Wildman–Crippen LogP) is 4.47. The average molecular weight is 348 g/mol. The normalized spacial score (nSPS) is 12.7. The van der Waals surface area contributed by atoms with Gasteiger partial charge in [-0.3, -0.25) is 0 Å². The lowest BCUT2D eigenvalue weighted by Gasteiger charge is -2.12. The lowest BCUT2D eigenvalue weighted by Crippen LogP contribution is -2.10. The Morgan fingerprint density at radius 2 is 1.89 bits per heavy atom. The summed E-state index contributed by atoms with van der Waals surface area (Å²) < 4.78 is 29.4. The van der Waals surface area contributed by atoms with Gasteiger partial charge in [-0.1, -0.05) is 12.1 Å². The van der Waals surface area contributed by atoms with E-state index in [1.54, 1.807) is 23.5 Å².